The van der Waals surface area contributed by atoms with Gasteiger partial charge in [-0.25, -0.2) is 4.98 Å². The summed E-state index contributed by atoms with van der Waals surface area (Å²) < 4.78 is 0. The molecule has 17 heavy (non-hydrogen) atoms. The molecule has 0 spiro atoms. The number of aromatic nitrogens is 2. The van der Waals surface area contributed by atoms with Gasteiger partial charge in [-0.2, -0.15) is 0 Å². The Morgan fingerprint density at radius 3 is 3.00 bits per heavy atom. The van der Waals surface area contributed by atoms with Crippen LogP contribution in [0.5, 0.6) is 0 Å². The van der Waals surface area contributed by atoms with E-state index in [4.69, 9.17) is 0 Å². The summed E-state index contributed by atoms with van der Waals surface area (Å²) in [5.41, 5.74) is 2.20. The summed E-state index contributed by atoms with van der Waals surface area (Å²) in [7, 11) is 0. The lowest BCUT2D eigenvalue weighted by Crippen LogP contribution is -2.17. The fraction of sp³-hybridized carbons (Fsp3) is 0.385. The van der Waals surface area contributed by atoms with Gasteiger partial charge in [-0.3, -0.25) is 4.98 Å². The van der Waals surface area contributed by atoms with Crippen LogP contribution < -0.4 is 5.32 Å². The lowest BCUT2D eigenvalue weighted by Gasteiger charge is -2.08. The molecule has 0 fully saturated rings. The van der Waals surface area contributed by atoms with Gasteiger partial charge in [-0.1, -0.05) is 13.0 Å². The maximum Gasteiger partial charge on any atom is 0.0988 e. The molecule has 4 heteroatoms. The minimum atomic E-state index is 0.328. The van der Waals surface area contributed by atoms with Crippen LogP contribution in [-0.4, -0.2) is 16.5 Å². The maximum absolute atomic E-state index is 4.64. The van der Waals surface area contributed by atoms with Gasteiger partial charge in [0, 0.05) is 29.7 Å². The summed E-state index contributed by atoms with van der Waals surface area (Å²) in [5.74, 6) is 0. The quantitative estimate of drug-likeness (QED) is 0.883. The van der Waals surface area contributed by atoms with Crippen LogP contribution in [0.1, 0.15) is 36.3 Å². The molecule has 2 heterocycles. The average molecular weight is 247 g/mol. The number of rotatable bonds is 5. The van der Waals surface area contributed by atoms with Crippen molar-refractivity contribution >= 4 is 11.3 Å². The number of hydrogen-bond donors (Lipinski definition) is 1. The zero-order chi connectivity index (χ0) is 12.1. The molecule has 0 aliphatic carbocycles. The number of nitrogens with one attached hydrogen (secondary N) is 1. The van der Waals surface area contributed by atoms with Crippen molar-refractivity contribution in [1.82, 2.24) is 15.3 Å². The van der Waals surface area contributed by atoms with E-state index in [1.165, 1.54) is 0 Å². The van der Waals surface area contributed by atoms with E-state index >= 15 is 0 Å². The Morgan fingerprint density at radius 2 is 2.29 bits per heavy atom. The van der Waals surface area contributed by atoms with E-state index in [0.29, 0.717) is 6.04 Å². The number of pyridine rings is 1. The molecule has 3 nitrogen and oxygen atoms in total. The summed E-state index contributed by atoms with van der Waals surface area (Å²) in [4.78, 5) is 8.96. The standard InChI is InChI=1S/C13H17N3S/c1-3-14-10(2)12-9-17-13(16-12)8-11-6-4-5-7-15-11/h4-7,9-10,14H,3,8H2,1-2H3. The highest BCUT2D eigenvalue weighted by atomic mass is 32.1. The van der Waals surface area contributed by atoms with E-state index in [-0.39, 0.29) is 0 Å². The first-order valence-corrected chi connectivity index (χ1v) is 6.75. The van der Waals surface area contributed by atoms with Crippen molar-refractivity contribution in [2.45, 2.75) is 26.3 Å². The lowest BCUT2D eigenvalue weighted by atomic mass is 10.2. The smallest absolute Gasteiger partial charge is 0.0988 e. The average Bonchev–Trinajstić information content (AvgIpc) is 2.79. The topological polar surface area (TPSA) is 37.8 Å². The van der Waals surface area contributed by atoms with Gasteiger partial charge in [-0.15, -0.1) is 11.3 Å². The van der Waals surface area contributed by atoms with E-state index in [2.05, 4.69) is 34.5 Å². The summed E-state index contributed by atoms with van der Waals surface area (Å²) in [6, 6.07) is 6.31. The van der Waals surface area contributed by atoms with Crippen molar-refractivity contribution in [3.8, 4) is 0 Å². The minimum absolute atomic E-state index is 0.328. The Hall–Kier alpha value is -1.26. The van der Waals surface area contributed by atoms with Crippen LogP contribution in [-0.2, 0) is 6.42 Å². The number of thiazole rings is 1. The molecular formula is C13H17N3S. The van der Waals surface area contributed by atoms with Crippen LogP contribution >= 0.6 is 11.3 Å². The van der Waals surface area contributed by atoms with E-state index in [1.54, 1.807) is 11.3 Å². The Morgan fingerprint density at radius 1 is 1.41 bits per heavy atom. The van der Waals surface area contributed by atoms with Crippen LogP contribution in [0.15, 0.2) is 29.8 Å². The maximum atomic E-state index is 4.64. The van der Waals surface area contributed by atoms with Gasteiger partial charge >= 0.3 is 0 Å². The van der Waals surface area contributed by atoms with Gasteiger partial charge in [0.1, 0.15) is 0 Å². The first-order valence-electron chi connectivity index (χ1n) is 5.87. The molecule has 2 aromatic heterocycles. The van der Waals surface area contributed by atoms with Crippen LogP contribution in [0.3, 0.4) is 0 Å². The molecule has 1 atom stereocenters. The molecule has 0 aromatic carbocycles. The molecule has 1 unspecified atom stereocenters. The highest BCUT2D eigenvalue weighted by Crippen LogP contribution is 2.18. The molecule has 1 N–H and O–H groups in total. The monoisotopic (exact) mass is 247 g/mol. The second kappa shape index (κ2) is 5.89. The molecule has 0 radical (unpaired) electrons. The van der Waals surface area contributed by atoms with Gasteiger partial charge < -0.3 is 5.32 Å². The van der Waals surface area contributed by atoms with E-state index in [1.807, 2.05) is 24.4 Å². The molecule has 0 amide bonds. The van der Waals surface area contributed by atoms with Crippen molar-refractivity contribution in [2.24, 2.45) is 0 Å². The third kappa shape index (κ3) is 3.35. The normalized spacial score (nSPS) is 12.6. The molecule has 2 rings (SSSR count). The first-order chi connectivity index (χ1) is 8.29. The summed E-state index contributed by atoms with van der Waals surface area (Å²) >= 11 is 1.71. The molecule has 0 aliphatic heterocycles. The Labute approximate surface area is 106 Å². The Bertz CT molecular complexity index is 453. The first kappa shape index (κ1) is 12.2. The Kier molecular flexibility index (Phi) is 4.23. The van der Waals surface area contributed by atoms with Crippen molar-refractivity contribution in [1.29, 1.82) is 0 Å². The van der Waals surface area contributed by atoms with E-state index in [0.717, 1.165) is 29.4 Å². The molecule has 0 saturated heterocycles. The highest BCUT2D eigenvalue weighted by molar-refractivity contribution is 7.09. The lowest BCUT2D eigenvalue weighted by molar-refractivity contribution is 0.585. The summed E-state index contributed by atoms with van der Waals surface area (Å²) in [5, 5.41) is 6.63. The van der Waals surface area contributed by atoms with Gasteiger partial charge in [0.25, 0.3) is 0 Å². The van der Waals surface area contributed by atoms with Gasteiger partial charge in [-0.05, 0) is 25.6 Å². The molecular weight excluding hydrogens is 230 g/mol. The van der Waals surface area contributed by atoms with Crippen molar-refractivity contribution < 1.29 is 0 Å². The molecule has 90 valence electrons. The van der Waals surface area contributed by atoms with Gasteiger partial charge in [0.05, 0.1) is 10.7 Å². The van der Waals surface area contributed by atoms with Gasteiger partial charge in [0.2, 0.25) is 0 Å². The predicted molar refractivity (Wildman–Crippen MR) is 71.2 cm³/mol. The van der Waals surface area contributed by atoms with Gasteiger partial charge in [0.15, 0.2) is 0 Å². The minimum Gasteiger partial charge on any atom is -0.309 e. The zero-order valence-electron chi connectivity index (χ0n) is 10.2. The third-order valence-electron chi connectivity index (χ3n) is 2.58. The second-order valence-corrected chi connectivity index (χ2v) is 4.89. The second-order valence-electron chi connectivity index (χ2n) is 3.94. The predicted octanol–water partition coefficient (Wildman–Crippen LogP) is 2.80. The SMILES string of the molecule is CCNC(C)c1csc(Cc2ccccn2)n1. The summed E-state index contributed by atoms with van der Waals surface area (Å²) in [6.45, 7) is 5.22. The molecule has 0 aliphatic rings. The van der Waals surface area contributed by atoms with Crippen molar-refractivity contribution in [3.63, 3.8) is 0 Å². The van der Waals surface area contributed by atoms with E-state index < -0.39 is 0 Å². The largest absolute Gasteiger partial charge is 0.309 e. The summed E-state index contributed by atoms with van der Waals surface area (Å²) in [6.07, 6.45) is 2.65. The van der Waals surface area contributed by atoms with E-state index in [9.17, 15) is 0 Å². The molecule has 0 bridgehead atoms. The molecule has 0 saturated carbocycles. The number of nitrogens with zero attached hydrogens (tertiary/aromatic N) is 2. The van der Waals surface area contributed by atoms with Crippen LogP contribution in [0.4, 0.5) is 0 Å². The molecule has 2 aromatic rings. The fourth-order valence-electron chi connectivity index (χ4n) is 1.67. The third-order valence-corrected chi connectivity index (χ3v) is 3.45. The van der Waals surface area contributed by atoms with Crippen LogP contribution in [0.25, 0.3) is 0 Å². The Balaban J connectivity index is 2.04. The van der Waals surface area contributed by atoms with Crippen molar-refractivity contribution in [3.05, 3.63) is 46.2 Å². The fourth-order valence-corrected chi connectivity index (χ4v) is 2.58. The highest BCUT2D eigenvalue weighted by Gasteiger charge is 2.09. The van der Waals surface area contributed by atoms with Crippen LogP contribution in [0, 0.1) is 0 Å². The number of hydrogen-bond acceptors (Lipinski definition) is 4. The van der Waals surface area contributed by atoms with Crippen LogP contribution in [0.2, 0.25) is 0 Å². The zero-order valence-corrected chi connectivity index (χ0v) is 11.0. The van der Waals surface area contributed by atoms with Crippen molar-refractivity contribution in [2.75, 3.05) is 6.54 Å².